The molecule has 1 aromatic rings. The van der Waals surface area contributed by atoms with Gasteiger partial charge in [-0.2, -0.15) is 0 Å². The number of anilines is 1. The molecule has 0 amide bonds. The molecule has 1 aromatic carbocycles. The number of hydrogen-bond donors (Lipinski definition) is 2. The summed E-state index contributed by atoms with van der Waals surface area (Å²) in [5.41, 5.74) is 5.09. The predicted molar refractivity (Wildman–Crippen MR) is 79.1 cm³/mol. The van der Waals surface area contributed by atoms with Gasteiger partial charge in [-0.3, -0.25) is 0 Å². The summed E-state index contributed by atoms with van der Waals surface area (Å²) in [5.74, 6) is 0.374. The van der Waals surface area contributed by atoms with E-state index in [1.165, 1.54) is 7.05 Å². The zero-order valence-electron chi connectivity index (χ0n) is 12.0. The fourth-order valence-electron chi connectivity index (χ4n) is 1.67. The van der Waals surface area contributed by atoms with E-state index in [4.69, 9.17) is 10.5 Å². The molecule has 0 radical (unpaired) electrons. The second-order valence-corrected chi connectivity index (χ2v) is 7.50. The maximum absolute atomic E-state index is 12.0. The van der Waals surface area contributed by atoms with Crippen LogP contribution in [-0.4, -0.2) is 49.4 Å². The monoisotopic (exact) mass is 302 g/mol. The Kier molecular flexibility index (Phi) is 5.38. The first-order chi connectivity index (χ1) is 9.10. The Bertz CT molecular complexity index is 538. The Morgan fingerprint density at radius 2 is 2.05 bits per heavy atom. The lowest BCUT2D eigenvalue weighted by molar-refractivity contribution is 0.0639. The number of nitrogen functional groups attached to an aromatic ring is 1. The Labute approximate surface area is 120 Å². The molecular weight excluding hydrogens is 280 g/mol. The summed E-state index contributed by atoms with van der Waals surface area (Å²) >= 11 is 0. The highest BCUT2D eigenvalue weighted by Crippen LogP contribution is 2.14. The summed E-state index contributed by atoms with van der Waals surface area (Å²) in [5, 5.41) is 9.63. The van der Waals surface area contributed by atoms with E-state index in [0.717, 1.165) is 4.31 Å². The molecule has 0 aliphatic heterocycles. The maximum Gasteiger partial charge on any atom is 0.217 e. The molecule has 0 aliphatic carbocycles. The van der Waals surface area contributed by atoms with Gasteiger partial charge in [-0.25, -0.2) is 12.7 Å². The summed E-state index contributed by atoms with van der Waals surface area (Å²) in [6, 6.07) is 6.80. The summed E-state index contributed by atoms with van der Waals surface area (Å²) in [6.45, 7) is 3.18. The normalized spacial score (nSPS) is 12.7. The van der Waals surface area contributed by atoms with Gasteiger partial charge in [0.15, 0.2) is 0 Å². The van der Waals surface area contributed by atoms with E-state index in [-0.39, 0.29) is 18.9 Å². The molecule has 20 heavy (non-hydrogen) atoms. The molecule has 0 fully saturated rings. The van der Waals surface area contributed by atoms with E-state index in [0.29, 0.717) is 11.4 Å². The molecule has 0 bridgehead atoms. The predicted octanol–water partition coefficient (Wildman–Crippen LogP) is 0.680. The van der Waals surface area contributed by atoms with E-state index in [1.54, 1.807) is 38.1 Å². The highest BCUT2D eigenvalue weighted by Gasteiger charge is 2.24. The molecule has 0 spiro atoms. The fraction of sp³-hybridized carbons (Fsp3) is 0.538. The topological polar surface area (TPSA) is 92.9 Å². The van der Waals surface area contributed by atoms with Crippen molar-refractivity contribution in [2.75, 3.05) is 31.7 Å². The largest absolute Gasteiger partial charge is 0.492 e. The van der Waals surface area contributed by atoms with E-state index in [9.17, 15) is 13.5 Å². The SMILES string of the molecule is CN(CC(C)(C)O)S(=O)(=O)CCOc1cccc(N)c1. The van der Waals surface area contributed by atoms with Gasteiger partial charge in [-0.15, -0.1) is 0 Å². The molecule has 6 nitrogen and oxygen atoms in total. The van der Waals surface area contributed by atoms with Crippen LogP contribution >= 0.6 is 0 Å². The quantitative estimate of drug-likeness (QED) is 0.723. The van der Waals surface area contributed by atoms with Crippen LogP contribution in [0.5, 0.6) is 5.75 Å². The number of aliphatic hydroxyl groups is 1. The summed E-state index contributed by atoms with van der Waals surface area (Å²) < 4.78 is 30.4. The molecule has 0 saturated heterocycles. The van der Waals surface area contributed by atoms with Crippen LogP contribution in [0.25, 0.3) is 0 Å². The van der Waals surface area contributed by atoms with Crippen LogP contribution in [0.3, 0.4) is 0 Å². The van der Waals surface area contributed by atoms with Crippen molar-refractivity contribution in [3.63, 3.8) is 0 Å². The van der Waals surface area contributed by atoms with Crippen molar-refractivity contribution in [2.45, 2.75) is 19.4 Å². The van der Waals surface area contributed by atoms with Crippen molar-refractivity contribution < 1.29 is 18.3 Å². The van der Waals surface area contributed by atoms with Gasteiger partial charge in [0.1, 0.15) is 12.4 Å². The molecule has 0 aliphatic rings. The van der Waals surface area contributed by atoms with Crippen LogP contribution < -0.4 is 10.5 Å². The van der Waals surface area contributed by atoms with E-state index < -0.39 is 15.6 Å². The number of likely N-dealkylation sites (N-methyl/N-ethyl adjacent to an activating group) is 1. The average Bonchev–Trinajstić information content (AvgIpc) is 2.26. The Balaban J connectivity index is 2.51. The molecule has 0 atom stereocenters. The fourth-order valence-corrected chi connectivity index (χ4v) is 2.79. The number of hydrogen-bond acceptors (Lipinski definition) is 5. The van der Waals surface area contributed by atoms with Crippen molar-refractivity contribution in [2.24, 2.45) is 0 Å². The van der Waals surface area contributed by atoms with E-state index in [1.807, 2.05) is 0 Å². The second-order valence-electron chi connectivity index (χ2n) is 5.31. The maximum atomic E-state index is 12.0. The van der Waals surface area contributed by atoms with Crippen LogP contribution in [0.4, 0.5) is 5.69 Å². The van der Waals surface area contributed by atoms with Crippen molar-refractivity contribution in [3.8, 4) is 5.75 Å². The summed E-state index contributed by atoms with van der Waals surface area (Å²) in [4.78, 5) is 0. The number of nitrogens with zero attached hydrogens (tertiary/aromatic N) is 1. The third kappa shape index (κ3) is 5.77. The molecule has 3 N–H and O–H groups in total. The molecule has 0 saturated carbocycles. The van der Waals surface area contributed by atoms with Gasteiger partial charge in [-0.1, -0.05) is 6.07 Å². The lowest BCUT2D eigenvalue weighted by Crippen LogP contribution is -2.41. The van der Waals surface area contributed by atoms with Crippen molar-refractivity contribution >= 4 is 15.7 Å². The lowest BCUT2D eigenvalue weighted by atomic mass is 10.1. The number of ether oxygens (including phenoxy) is 1. The van der Waals surface area contributed by atoms with Crippen molar-refractivity contribution in [1.29, 1.82) is 0 Å². The summed E-state index contributed by atoms with van der Waals surface area (Å²) in [6.07, 6.45) is 0. The van der Waals surface area contributed by atoms with Gasteiger partial charge in [0.2, 0.25) is 10.0 Å². The van der Waals surface area contributed by atoms with Gasteiger partial charge < -0.3 is 15.6 Å². The van der Waals surface area contributed by atoms with Crippen LogP contribution in [0.1, 0.15) is 13.8 Å². The van der Waals surface area contributed by atoms with Crippen molar-refractivity contribution in [3.05, 3.63) is 24.3 Å². The Morgan fingerprint density at radius 3 is 2.60 bits per heavy atom. The smallest absolute Gasteiger partial charge is 0.217 e. The first-order valence-corrected chi connectivity index (χ1v) is 7.86. The first kappa shape index (κ1) is 16.7. The number of nitrogens with two attached hydrogens (primary N) is 1. The minimum absolute atomic E-state index is 0.0297. The molecular formula is C13H22N2O4S. The minimum atomic E-state index is -3.46. The van der Waals surface area contributed by atoms with Crippen LogP contribution in [0, 0.1) is 0 Å². The van der Waals surface area contributed by atoms with Gasteiger partial charge in [0.05, 0.1) is 11.4 Å². The molecule has 7 heteroatoms. The van der Waals surface area contributed by atoms with Gasteiger partial charge >= 0.3 is 0 Å². The standard InChI is InChI=1S/C13H22N2O4S/c1-13(2,16)10-15(3)20(17,18)8-7-19-12-6-4-5-11(14)9-12/h4-6,9,16H,7-8,10,14H2,1-3H3. The average molecular weight is 302 g/mol. The molecule has 0 aromatic heterocycles. The van der Waals surface area contributed by atoms with Crippen LogP contribution in [-0.2, 0) is 10.0 Å². The van der Waals surface area contributed by atoms with Crippen LogP contribution in [0.15, 0.2) is 24.3 Å². The lowest BCUT2D eigenvalue weighted by Gasteiger charge is -2.25. The highest BCUT2D eigenvalue weighted by atomic mass is 32.2. The summed E-state index contributed by atoms with van der Waals surface area (Å²) in [7, 11) is -2.02. The van der Waals surface area contributed by atoms with Crippen LogP contribution in [0.2, 0.25) is 0 Å². The van der Waals surface area contributed by atoms with Gasteiger partial charge in [0, 0.05) is 25.3 Å². The third-order valence-corrected chi connectivity index (χ3v) is 4.31. The number of benzene rings is 1. The second kappa shape index (κ2) is 6.43. The number of rotatable bonds is 7. The molecule has 114 valence electrons. The van der Waals surface area contributed by atoms with Gasteiger partial charge in [-0.05, 0) is 26.0 Å². The third-order valence-electron chi connectivity index (χ3n) is 2.55. The highest BCUT2D eigenvalue weighted by molar-refractivity contribution is 7.89. The zero-order valence-corrected chi connectivity index (χ0v) is 12.9. The van der Waals surface area contributed by atoms with Crippen molar-refractivity contribution in [1.82, 2.24) is 4.31 Å². The number of sulfonamides is 1. The van der Waals surface area contributed by atoms with E-state index >= 15 is 0 Å². The Morgan fingerprint density at radius 1 is 1.40 bits per heavy atom. The van der Waals surface area contributed by atoms with E-state index in [2.05, 4.69) is 0 Å². The zero-order chi connectivity index (χ0) is 15.4. The first-order valence-electron chi connectivity index (χ1n) is 6.25. The Hall–Kier alpha value is -1.31. The molecule has 0 heterocycles. The van der Waals surface area contributed by atoms with Gasteiger partial charge in [0.25, 0.3) is 0 Å². The molecule has 0 unspecified atom stereocenters. The minimum Gasteiger partial charge on any atom is -0.492 e. The molecule has 1 rings (SSSR count).